The fourth-order valence-corrected chi connectivity index (χ4v) is 5.61. The topological polar surface area (TPSA) is 49.9 Å². The molecule has 2 amide bonds. The number of thiophene rings is 1. The van der Waals surface area contributed by atoms with Crippen molar-refractivity contribution in [3.05, 3.63) is 58.3 Å². The van der Waals surface area contributed by atoms with Gasteiger partial charge in [0.15, 0.2) is 0 Å². The Hall–Kier alpha value is -2.18. The summed E-state index contributed by atoms with van der Waals surface area (Å²) in [5, 5.41) is 1.95. The standard InChI is InChI=1S/C25H32N2O3S/c1-26(24(28)21-11-15-30-16-12-21)22(18-19-6-3-2-4-7-19)20-9-13-27(14-10-20)25(29)23-8-5-17-31-23/h2-8,17,20-22H,9-16,18H2,1H3. The first kappa shape index (κ1) is 22.0. The van der Waals surface area contributed by atoms with Crippen molar-refractivity contribution in [2.24, 2.45) is 11.8 Å². The van der Waals surface area contributed by atoms with Gasteiger partial charge >= 0.3 is 0 Å². The number of likely N-dealkylation sites (tertiary alicyclic amines) is 1. The highest BCUT2D eigenvalue weighted by Gasteiger charge is 2.35. The first-order valence-corrected chi connectivity index (χ1v) is 12.2. The lowest BCUT2D eigenvalue weighted by atomic mass is 9.84. The van der Waals surface area contributed by atoms with E-state index in [2.05, 4.69) is 24.3 Å². The van der Waals surface area contributed by atoms with Gasteiger partial charge in [0.1, 0.15) is 0 Å². The largest absolute Gasteiger partial charge is 0.381 e. The maximum Gasteiger partial charge on any atom is 0.263 e. The van der Waals surface area contributed by atoms with Gasteiger partial charge in [-0.2, -0.15) is 0 Å². The molecule has 0 radical (unpaired) electrons. The molecule has 5 nitrogen and oxygen atoms in total. The molecule has 3 heterocycles. The molecular weight excluding hydrogens is 408 g/mol. The molecule has 0 bridgehead atoms. The van der Waals surface area contributed by atoms with Gasteiger partial charge in [-0.25, -0.2) is 0 Å². The summed E-state index contributed by atoms with van der Waals surface area (Å²) in [5.41, 5.74) is 1.26. The van der Waals surface area contributed by atoms with Crippen LogP contribution in [0.25, 0.3) is 0 Å². The number of carbonyl (C=O) groups is 2. The highest BCUT2D eigenvalue weighted by Crippen LogP contribution is 2.29. The number of carbonyl (C=O) groups excluding carboxylic acids is 2. The average Bonchev–Trinajstić information content (AvgIpc) is 3.38. The Morgan fingerprint density at radius 3 is 2.42 bits per heavy atom. The van der Waals surface area contributed by atoms with Crippen molar-refractivity contribution in [1.29, 1.82) is 0 Å². The van der Waals surface area contributed by atoms with Gasteiger partial charge in [-0.1, -0.05) is 36.4 Å². The Bertz CT molecular complexity index is 841. The van der Waals surface area contributed by atoms with Crippen molar-refractivity contribution >= 4 is 23.2 Å². The first-order valence-electron chi connectivity index (χ1n) is 11.3. The third-order valence-corrected chi connectivity index (χ3v) is 7.66. The van der Waals surface area contributed by atoms with E-state index in [0.717, 1.165) is 50.1 Å². The van der Waals surface area contributed by atoms with Crippen LogP contribution in [0.15, 0.2) is 47.8 Å². The number of benzene rings is 1. The molecule has 1 unspecified atom stereocenters. The molecule has 2 aromatic rings. The fraction of sp³-hybridized carbons (Fsp3) is 0.520. The minimum absolute atomic E-state index is 0.0671. The van der Waals surface area contributed by atoms with E-state index < -0.39 is 0 Å². The Labute approximate surface area is 189 Å². The van der Waals surface area contributed by atoms with Gasteiger partial charge in [0.2, 0.25) is 5.91 Å². The molecule has 1 aromatic heterocycles. The Balaban J connectivity index is 1.45. The van der Waals surface area contributed by atoms with Crippen molar-refractivity contribution in [3.8, 4) is 0 Å². The Morgan fingerprint density at radius 2 is 1.77 bits per heavy atom. The van der Waals surface area contributed by atoms with Gasteiger partial charge < -0.3 is 14.5 Å². The van der Waals surface area contributed by atoms with Crippen LogP contribution in [0.4, 0.5) is 0 Å². The third kappa shape index (κ3) is 5.36. The molecule has 0 N–H and O–H groups in total. The summed E-state index contributed by atoms with van der Waals surface area (Å²) >= 11 is 1.50. The minimum Gasteiger partial charge on any atom is -0.381 e. The van der Waals surface area contributed by atoms with Crippen LogP contribution in [0.2, 0.25) is 0 Å². The maximum atomic E-state index is 13.3. The zero-order valence-corrected chi connectivity index (χ0v) is 19.1. The van der Waals surface area contributed by atoms with Gasteiger partial charge in [0, 0.05) is 45.3 Å². The van der Waals surface area contributed by atoms with Crippen LogP contribution in [-0.2, 0) is 16.0 Å². The van der Waals surface area contributed by atoms with Gasteiger partial charge in [0.05, 0.1) is 4.88 Å². The summed E-state index contributed by atoms with van der Waals surface area (Å²) in [6, 6.07) is 14.4. The molecule has 2 saturated heterocycles. The number of hydrogen-bond acceptors (Lipinski definition) is 4. The summed E-state index contributed by atoms with van der Waals surface area (Å²) in [4.78, 5) is 30.8. The SMILES string of the molecule is CN(C(=O)C1CCOCC1)C(Cc1ccccc1)C1CCN(C(=O)c2cccs2)CC1. The Kier molecular flexibility index (Phi) is 7.41. The number of likely N-dealkylation sites (N-methyl/N-ethyl adjacent to an activating group) is 1. The summed E-state index contributed by atoms with van der Waals surface area (Å²) in [7, 11) is 1.98. The van der Waals surface area contributed by atoms with Crippen molar-refractivity contribution < 1.29 is 14.3 Å². The van der Waals surface area contributed by atoms with Crippen LogP contribution in [-0.4, -0.2) is 61.0 Å². The summed E-state index contributed by atoms with van der Waals surface area (Å²) in [5.74, 6) is 0.847. The molecule has 31 heavy (non-hydrogen) atoms. The second kappa shape index (κ2) is 10.4. The number of ether oxygens (including phenoxy) is 1. The summed E-state index contributed by atoms with van der Waals surface area (Å²) in [6.07, 6.45) is 4.35. The monoisotopic (exact) mass is 440 g/mol. The number of hydrogen-bond donors (Lipinski definition) is 0. The van der Waals surface area contributed by atoms with E-state index in [-0.39, 0.29) is 23.8 Å². The number of piperidine rings is 1. The second-order valence-electron chi connectivity index (χ2n) is 8.70. The maximum absolute atomic E-state index is 13.3. The van der Waals surface area contributed by atoms with E-state index in [1.165, 1.54) is 16.9 Å². The molecule has 1 atom stereocenters. The number of rotatable bonds is 6. The van der Waals surface area contributed by atoms with Gasteiger partial charge in [-0.15, -0.1) is 11.3 Å². The molecule has 0 aliphatic carbocycles. The lowest BCUT2D eigenvalue weighted by Crippen LogP contribution is -2.50. The highest BCUT2D eigenvalue weighted by atomic mass is 32.1. The van der Waals surface area contributed by atoms with Crippen molar-refractivity contribution in [2.75, 3.05) is 33.4 Å². The summed E-state index contributed by atoms with van der Waals surface area (Å²) < 4.78 is 5.46. The van der Waals surface area contributed by atoms with Crippen LogP contribution in [0.1, 0.15) is 40.9 Å². The molecule has 2 aliphatic rings. The van der Waals surface area contributed by atoms with E-state index in [1.54, 1.807) is 0 Å². The van der Waals surface area contributed by atoms with Crippen LogP contribution in [0, 0.1) is 11.8 Å². The predicted octanol–water partition coefficient (Wildman–Crippen LogP) is 4.10. The smallest absolute Gasteiger partial charge is 0.263 e. The molecule has 4 rings (SSSR count). The van der Waals surface area contributed by atoms with Crippen LogP contribution < -0.4 is 0 Å². The first-order chi connectivity index (χ1) is 15.1. The molecule has 166 valence electrons. The molecule has 0 spiro atoms. The van der Waals surface area contributed by atoms with Crippen LogP contribution >= 0.6 is 11.3 Å². The molecule has 1 aromatic carbocycles. The minimum atomic E-state index is 0.0671. The van der Waals surface area contributed by atoms with Crippen LogP contribution in [0.5, 0.6) is 0 Å². The van der Waals surface area contributed by atoms with Gasteiger partial charge in [-0.05, 0) is 55.0 Å². The normalized spacial score (nSPS) is 19.2. The predicted molar refractivity (Wildman–Crippen MR) is 123 cm³/mol. The molecular formula is C25H32N2O3S. The van der Waals surface area contributed by atoms with Gasteiger partial charge in [0.25, 0.3) is 5.91 Å². The molecule has 6 heteroatoms. The highest BCUT2D eigenvalue weighted by molar-refractivity contribution is 7.12. The van der Waals surface area contributed by atoms with Crippen molar-refractivity contribution in [2.45, 2.75) is 38.1 Å². The van der Waals surface area contributed by atoms with E-state index in [0.29, 0.717) is 19.1 Å². The quantitative estimate of drug-likeness (QED) is 0.680. The molecule has 2 aliphatic heterocycles. The molecule has 0 saturated carbocycles. The zero-order chi connectivity index (χ0) is 21.6. The van der Waals surface area contributed by atoms with Gasteiger partial charge in [-0.3, -0.25) is 9.59 Å². The average molecular weight is 441 g/mol. The van der Waals surface area contributed by atoms with E-state index >= 15 is 0 Å². The fourth-order valence-electron chi connectivity index (χ4n) is 4.91. The van der Waals surface area contributed by atoms with E-state index in [9.17, 15) is 9.59 Å². The molecule has 2 fully saturated rings. The zero-order valence-electron chi connectivity index (χ0n) is 18.2. The lowest BCUT2D eigenvalue weighted by Gasteiger charge is -2.41. The second-order valence-corrected chi connectivity index (χ2v) is 9.65. The number of nitrogens with zero attached hydrogens (tertiary/aromatic N) is 2. The van der Waals surface area contributed by atoms with Crippen LogP contribution in [0.3, 0.4) is 0 Å². The Morgan fingerprint density at radius 1 is 1.06 bits per heavy atom. The lowest BCUT2D eigenvalue weighted by molar-refractivity contribution is -0.140. The van der Waals surface area contributed by atoms with Crippen molar-refractivity contribution in [1.82, 2.24) is 9.80 Å². The third-order valence-electron chi connectivity index (χ3n) is 6.81. The van der Waals surface area contributed by atoms with E-state index in [4.69, 9.17) is 4.74 Å². The van der Waals surface area contributed by atoms with Crippen molar-refractivity contribution in [3.63, 3.8) is 0 Å². The van der Waals surface area contributed by atoms with E-state index in [1.807, 2.05) is 40.4 Å². The number of amides is 2. The summed E-state index contributed by atoms with van der Waals surface area (Å²) in [6.45, 7) is 2.87.